The highest BCUT2D eigenvalue weighted by atomic mass is 32.1. The summed E-state index contributed by atoms with van der Waals surface area (Å²) in [4.78, 5) is 35.4. The molecule has 3 aromatic rings. The van der Waals surface area contributed by atoms with E-state index in [4.69, 9.17) is 4.74 Å². The van der Waals surface area contributed by atoms with Gasteiger partial charge in [0.25, 0.3) is 5.56 Å². The molecule has 152 valence electrons. The van der Waals surface area contributed by atoms with Crippen LogP contribution in [0.15, 0.2) is 69.8 Å². The highest BCUT2D eigenvalue weighted by Gasteiger charge is 2.33. The number of carbonyl (C=O) groups is 1. The zero-order chi connectivity index (χ0) is 21.3. The highest BCUT2D eigenvalue weighted by Crippen LogP contribution is 2.30. The summed E-state index contributed by atoms with van der Waals surface area (Å²) >= 11 is 1.30. The zero-order valence-electron chi connectivity index (χ0n) is 17.0. The first-order valence-corrected chi connectivity index (χ1v) is 10.5. The minimum Gasteiger partial charge on any atom is -0.463 e. The van der Waals surface area contributed by atoms with Gasteiger partial charge < -0.3 is 4.74 Å². The lowest BCUT2D eigenvalue weighted by molar-refractivity contribution is -0.139. The third kappa shape index (κ3) is 3.64. The Labute approximate surface area is 177 Å². The Morgan fingerprint density at radius 3 is 2.67 bits per heavy atom. The maximum atomic E-state index is 13.4. The maximum Gasteiger partial charge on any atom is 0.338 e. The number of pyridine rings is 1. The molecule has 0 spiro atoms. The normalized spacial score (nSPS) is 16.2. The number of aryl methyl sites for hydroxylation is 1. The van der Waals surface area contributed by atoms with Crippen molar-refractivity contribution in [1.82, 2.24) is 9.55 Å². The molecule has 0 fully saturated rings. The number of fused-ring (bicyclic) bond motifs is 1. The van der Waals surface area contributed by atoms with Crippen molar-refractivity contribution in [3.05, 3.63) is 96.4 Å². The van der Waals surface area contributed by atoms with E-state index in [0.29, 0.717) is 20.6 Å². The first-order chi connectivity index (χ1) is 14.5. The van der Waals surface area contributed by atoms with Crippen LogP contribution in [-0.4, -0.2) is 22.1 Å². The Hall–Kier alpha value is -3.32. The molecule has 30 heavy (non-hydrogen) atoms. The van der Waals surface area contributed by atoms with Gasteiger partial charge in [-0.3, -0.25) is 14.3 Å². The summed E-state index contributed by atoms with van der Waals surface area (Å²) in [5.74, 6) is -0.453. The number of allylic oxidation sites excluding steroid dienone is 1. The fourth-order valence-corrected chi connectivity index (χ4v) is 4.51. The average Bonchev–Trinajstić information content (AvgIpc) is 3.03. The molecule has 4 rings (SSSR count). The van der Waals surface area contributed by atoms with Crippen LogP contribution in [0.1, 0.15) is 36.6 Å². The number of hydrogen-bond acceptors (Lipinski definition) is 6. The number of nitrogens with zero attached hydrogens (tertiary/aromatic N) is 3. The third-order valence-electron chi connectivity index (χ3n) is 4.89. The first kappa shape index (κ1) is 20.0. The molecule has 6 nitrogen and oxygen atoms in total. The number of benzene rings is 1. The molecule has 1 aromatic carbocycles. The number of rotatable bonds is 4. The topological polar surface area (TPSA) is 73.6 Å². The van der Waals surface area contributed by atoms with E-state index in [1.165, 1.54) is 11.3 Å². The predicted octanol–water partition coefficient (Wildman–Crippen LogP) is 2.50. The molecule has 1 unspecified atom stereocenters. The van der Waals surface area contributed by atoms with Crippen molar-refractivity contribution in [2.75, 3.05) is 6.61 Å². The molecular formula is C23H21N3O3S. The van der Waals surface area contributed by atoms with Gasteiger partial charge in [0, 0.05) is 12.4 Å². The fraction of sp³-hybridized carbons (Fsp3) is 0.217. The third-order valence-corrected chi connectivity index (χ3v) is 5.88. The van der Waals surface area contributed by atoms with Gasteiger partial charge >= 0.3 is 5.97 Å². The van der Waals surface area contributed by atoms with E-state index in [-0.39, 0.29) is 12.2 Å². The second-order valence-electron chi connectivity index (χ2n) is 7.00. The second kappa shape index (κ2) is 8.20. The van der Waals surface area contributed by atoms with E-state index in [1.54, 1.807) is 36.9 Å². The van der Waals surface area contributed by atoms with Crippen LogP contribution < -0.4 is 14.9 Å². The lowest BCUT2D eigenvalue weighted by Gasteiger charge is -2.24. The Morgan fingerprint density at radius 2 is 2.00 bits per heavy atom. The van der Waals surface area contributed by atoms with Crippen molar-refractivity contribution in [3.8, 4) is 0 Å². The van der Waals surface area contributed by atoms with Crippen LogP contribution in [0.25, 0.3) is 6.08 Å². The Morgan fingerprint density at radius 1 is 1.23 bits per heavy atom. The average molecular weight is 420 g/mol. The first-order valence-electron chi connectivity index (χ1n) is 9.66. The van der Waals surface area contributed by atoms with Crippen molar-refractivity contribution in [3.63, 3.8) is 0 Å². The highest BCUT2D eigenvalue weighted by molar-refractivity contribution is 7.07. The SMILES string of the molecule is CCOC(=O)C1=C(C)N=c2s/c(=C/c3cccnc3)c(=O)n2C1c1ccc(C)cc1. The molecule has 2 aromatic heterocycles. The van der Waals surface area contributed by atoms with Crippen molar-refractivity contribution in [1.29, 1.82) is 0 Å². The van der Waals surface area contributed by atoms with Crippen molar-refractivity contribution in [2.45, 2.75) is 26.8 Å². The Balaban J connectivity index is 1.96. The quantitative estimate of drug-likeness (QED) is 0.609. The molecule has 0 aliphatic carbocycles. The van der Waals surface area contributed by atoms with Crippen LogP contribution in [0.4, 0.5) is 0 Å². The van der Waals surface area contributed by atoms with Gasteiger partial charge in [0.05, 0.1) is 28.5 Å². The molecule has 3 heterocycles. The van der Waals surface area contributed by atoms with Gasteiger partial charge in [-0.2, -0.15) is 0 Å². The maximum absolute atomic E-state index is 13.4. The summed E-state index contributed by atoms with van der Waals surface area (Å²) in [5, 5.41) is 0. The van der Waals surface area contributed by atoms with Crippen molar-refractivity contribution >= 4 is 23.4 Å². The van der Waals surface area contributed by atoms with Crippen molar-refractivity contribution < 1.29 is 9.53 Å². The van der Waals surface area contributed by atoms with Gasteiger partial charge in [-0.1, -0.05) is 47.2 Å². The van der Waals surface area contributed by atoms with Gasteiger partial charge in [-0.15, -0.1) is 0 Å². The lowest BCUT2D eigenvalue weighted by Crippen LogP contribution is -2.39. The van der Waals surface area contributed by atoms with Crippen LogP contribution in [-0.2, 0) is 9.53 Å². The summed E-state index contributed by atoms with van der Waals surface area (Å²) < 4.78 is 7.43. The molecular weight excluding hydrogens is 398 g/mol. The minimum absolute atomic E-state index is 0.192. The van der Waals surface area contributed by atoms with E-state index in [0.717, 1.165) is 16.7 Å². The Bertz CT molecular complexity index is 1300. The monoisotopic (exact) mass is 419 g/mol. The number of ether oxygens (including phenoxy) is 1. The molecule has 7 heteroatoms. The van der Waals surface area contributed by atoms with Gasteiger partial charge in [0.1, 0.15) is 0 Å². The number of carbonyl (C=O) groups excluding carboxylic acids is 1. The molecule has 0 saturated heterocycles. The fourth-order valence-electron chi connectivity index (χ4n) is 3.47. The van der Waals surface area contributed by atoms with E-state index in [2.05, 4.69) is 9.98 Å². The summed E-state index contributed by atoms with van der Waals surface area (Å²) in [6.45, 7) is 5.79. The number of thiazole rings is 1. The van der Waals surface area contributed by atoms with Crippen LogP contribution in [0.2, 0.25) is 0 Å². The van der Waals surface area contributed by atoms with E-state index >= 15 is 0 Å². The van der Waals surface area contributed by atoms with Gasteiger partial charge in [-0.25, -0.2) is 9.79 Å². The lowest BCUT2D eigenvalue weighted by atomic mass is 9.95. The molecule has 0 radical (unpaired) electrons. The van der Waals surface area contributed by atoms with E-state index in [9.17, 15) is 9.59 Å². The van der Waals surface area contributed by atoms with Crippen LogP contribution in [0, 0.1) is 6.92 Å². The minimum atomic E-state index is -0.586. The molecule has 0 amide bonds. The number of aromatic nitrogens is 2. The van der Waals surface area contributed by atoms with Crippen LogP contribution in [0.5, 0.6) is 0 Å². The zero-order valence-corrected chi connectivity index (χ0v) is 17.8. The Kier molecular flexibility index (Phi) is 5.46. The summed E-state index contributed by atoms with van der Waals surface area (Å²) in [5.41, 5.74) is 3.53. The van der Waals surface area contributed by atoms with Gasteiger partial charge in [0.2, 0.25) is 0 Å². The van der Waals surface area contributed by atoms with Gasteiger partial charge in [0.15, 0.2) is 4.80 Å². The van der Waals surface area contributed by atoms with Crippen LogP contribution >= 0.6 is 11.3 Å². The molecule has 1 aliphatic heterocycles. The molecule has 0 bridgehead atoms. The molecule has 1 atom stereocenters. The van der Waals surface area contributed by atoms with Gasteiger partial charge in [-0.05, 0) is 44.0 Å². The smallest absolute Gasteiger partial charge is 0.338 e. The summed E-state index contributed by atoms with van der Waals surface area (Å²) in [6, 6.07) is 10.9. The van der Waals surface area contributed by atoms with E-state index < -0.39 is 12.0 Å². The second-order valence-corrected chi connectivity index (χ2v) is 8.01. The predicted molar refractivity (Wildman–Crippen MR) is 116 cm³/mol. The van der Waals surface area contributed by atoms with Crippen molar-refractivity contribution in [2.24, 2.45) is 4.99 Å². The standard InChI is InChI=1S/C23H21N3O3S/c1-4-29-22(28)19-15(3)25-23-26(20(19)17-9-7-14(2)8-10-17)21(27)18(30-23)12-16-6-5-11-24-13-16/h5-13,20H,4H2,1-3H3/b18-12+. The molecule has 0 saturated carbocycles. The summed E-state index contributed by atoms with van der Waals surface area (Å²) in [6.07, 6.45) is 5.18. The summed E-state index contributed by atoms with van der Waals surface area (Å²) in [7, 11) is 0. The van der Waals surface area contributed by atoms with Crippen LogP contribution in [0.3, 0.4) is 0 Å². The number of hydrogen-bond donors (Lipinski definition) is 0. The number of esters is 1. The van der Waals surface area contributed by atoms with E-state index in [1.807, 2.05) is 43.3 Å². The molecule has 1 aliphatic rings. The largest absolute Gasteiger partial charge is 0.463 e. The molecule has 0 N–H and O–H groups in total.